The van der Waals surface area contributed by atoms with Crippen molar-refractivity contribution in [2.75, 3.05) is 19.6 Å². The third-order valence-electron chi connectivity index (χ3n) is 4.51. The first-order valence-corrected chi connectivity index (χ1v) is 8.70. The molecule has 23 heavy (non-hydrogen) atoms. The van der Waals surface area contributed by atoms with Gasteiger partial charge in [0.05, 0.1) is 6.04 Å². The zero-order valence-corrected chi connectivity index (χ0v) is 15.1. The first-order chi connectivity index (χ1) is 10.9. The van der Waals surface area contributed by atoms with Crippen molar-refractivity contribution in [1.82, 2.24) is 20.2 Å². The van der Waals surface area contributed by atoms with Crippen molar-refractivity contribution in [2.45, 2.75) is 59.4 Å². The molecule has 1 N–H and O–H groups in total. The van der Waals surface area contributed by atoms with Gasteiger partial charge < -0.3 is 5.32 Å². The van der Waals surface area contributed by atoms with Gasteiger partial charge in [-0.15, -0.1) is 0 Å². The largest absolute Gasteiger partial charge is 0.354 e. The molecule has 1 aromatic heterocycles. The highest BCUT2D eigenvalue weighted by Crippen LogP contribution is 2.26. The number of nitrogens with one attached hydrogen (secondary N) is 1. The van der Waals surface area contributed by atoms with E-state index in [4.69, 9.17) is 0 Å². The van der Waals surface area contributed by atoms with E-state index in [9.17, 15) is 4.79 Å². The molecule has 128 valence electrons. The van der Waals surface area contributed by atoms with Gasteiger partial charge in [-0.3, -0.25) is 9.69 Å². The normalized spacial score (nSPS) is 18.2. The lowest BCUT2D eigenvalue weighted by atomic mass is 9.94. The number of amides is 1. The second kappa shape index (κ2) is 7.86. The average molecular weight is 318 g/mol. The summed E-state index contributed by atoms with van der Waals surface area (Å²) in [6, 6.07) is 1.95. The number of rotatable bonds is 5. The van der Waals surface area contributed by atoms with E-state index in [2.05, 4.69) is 34.0 Å². The monoisotopic (exact) mass is 318 g/mol. The van der Waals surface area contributed by atoms with Gasteiger partial charge in [0, 0.05) is 23.9 Å². The number of hydrogen-bond acceptors (Lipinski definition) is 4. The predicted molar refractivity (Wildman–Crippen MR) is 92.4 cm³/mol. The predicted octanol–water partition coefficient (Wildman–Crippen LogP) is 2.43. The number of carbonyl (C=O) groups excluding carboxylic acids is 1. The van der Waals surface area contributed by atoms with Crippen LogP contribution in [-0.4, -0.2) is 46.5 Å². The number of aryl methyl sites for hydroxylation is 2. The average Bonchev–Trinajstić information content (AvgIpc) is 2.51. The van der Waals surface area contributed by atoms with E-state index in [1.54, 1.807) is 0 Å². The molecule has 0 aliphatic carbocycles. The Bertz CT molecular complexity index is 516. The Hall–Kier alpha value is -1.49. The summed E-state index contributed by atoms with van der Waals surface area (Å²) in [5.74, 6) is 2.01. The zero-order chi connectivity index (χ0) is 17.0. The van der Waals surface area contributed by atoms with Gasteiger partial charge in [-0.25, -0.2) is 9.97 Å². The van der Waals surface area contributed by atoms with Gasteiger partial charge in [0.25, 0.3) is 0 Å². The molecule has 1 aromatic rings. The molecule has 2 rings (SSSR count). The van der Waals surface area contributed by atoms with Crippen molar-refractivity contribution < 1.29 is 4.79 Å². The Morgan fingerprint density at radius 3 is 2.30 bits per heavy atom. The lowest BCUT2D eigenvalue weighted by molar-refractivity contribution is -0.126. The molecule has 0 unspecified atom stereocenters. The van der Waals surface area contributed by atoms with E-state index in [-0.39, 0.29) is 11.9 Å². The van der Waals surface area contributed by atoms with Gasteiger partial charge in [0.1, 0.15) is 5.82 Å². The summed E-state index contributed by atoms with van der Waals surface area (Å²) in [5, 5.41) is 3.03. The smallest absolute Gasteiger partial charge is 0.237 e. The fraction of sp³-hybridized carbons (Fsp3) is 0.722. The molecule has 1 fully saturated rings. The van der Waals surface area contributed by atoms with Crippen molar-refractivity contribution in [3.05, 3.63) is 23.3 Å². The minimum absolute atomic E-state index is 0.0603. The van der Waals surface area contributed by atoms with Gasteiger partial charge in [0.2, 0.25) is 5.91 Å². The van der Waals surface area contributed by atoms with Crippen LogP contribution < -0.4 is 5.32 Å². The molecule has 0 radical (unpaired) electrons. The Morgan fingerprint density at radius 1 is 1.22 bits per heavy atom. The number of piperidine rings is 1. The van der Waals surface area contributed by atoms with Crippen LogP contribution in [-0.2, 0) is 4.79 Å². The van der Waals surface area contributed by atoms with Crippen LogP contribution in [0.2, 0.25) is 0 Å². The van der Waals surface area contributed by atoms with Gasteiger partial charge in [-0.1, -0.05) is 13.8 Å². The molecule has 1 aliphatic rings. The van der Waals surface area contributed by atoms with Crippen molar-refractivity contribution in [1.29, 1.82) is 0 Å². The van der Waals surface area contributed by atoms with Crippen LogP contribution in [0.15, 0.2) is 6.07 Å². The number of nitrogens with zero attached hydrogens (tertiary/aromatic N) is 3. The summed E-state index contributed by atoms with van der Waals surface area (Å²) >= 11 is 0. The summed E-state index contributed by atoms with van der Waals surface area (Å²) in [6.07, 6.45) is 2.04. The van der Waals surface area contributed by atoms with Crippen LogP contribution in [0.1, 0.15) is 56.7 Å². The molecular weight excluding hydrogens is 288 g/mol. The first-order valence-electron chi connectivity index (χ1n) is 8.70. The number of aromatic nitrogens is 2. The van der Waals surface area contributed by atoms with Crippen LogP contribution in [0, 0.1) is 19.8 Å². The van der Waals surface area contributed by atoms with Crippen molar-refractivity contribution in [3.63, 3.8) is 0 Å². The van der Waals surface area contributed by atoms with Crippen LogP contribution in [0.25, 0.3) is 0 Å². The van der Waals surface area contributed by atoms with Crippen LogP contribution >= 0.6 is 0 Å². The maximum Gasteiger partial charge on any atom is 0.237 e. The topological polar surface area (TPSA) is 58.1 Å². The van der Waals surface area contributed by atoms with E-state index in [1.807, 2.05) is 26.8 Å². The standard InChI is InChI=1S/C18H30N4O/c1-12(2)11-19-18(23)15(5)22-8-6-16(7-9-22)17-20-13(3)10-14(4)21-17/h10,12,15-16H,6-9,11H2,1-5H3,(H,19,23)/t15-/m1/s1. The lowest BCUT2D eigenvalue weighted by Crippen LogP contribution is -2.48. The maximum atomic E-state index is 12.2. The Morgan fingerprint density at radius 2 is 1.78 bits per heavy atom. The fourth-order valence-corrected chi connectivity index (χ4v) is 3.10. The highest BCUT2D eigenvalue weighted by molar-refractivity contribution is 5.81. The minimum atomic E-state index is -0.0603. The Balaban J connectivity index is 1.89. The molecule has 0 aromatic carbocycles. The van der Waals surface area contributed by atoms with Crippen molar-refractivity contribution in [2.24, 2.45) is 5.92 Å². The molecule has 0 saturated carbocycles. The summed E-state index contributed by atoms with van der Waals surface area (Å²) < 4.78 is 0. The molecule has 1 amide bonds. The number of likely N-dealkylation sites (tertiary alicyclic amines) is 1. The molecule has 1 saturated heterocycles. The van der Waals surface area contributed by atoms with E-state index in [0.29, 0.717) is 11.8 Å². The molecule has 5 heteroatoms. The van der Waals surface area contributed by atoms with Crippen LogP contribution in [0.3, 0.4) is 0 Å². The number of hydrogen-bond donors (Lipinski definition) is 1. The molecular formula is C18H30N4O. The molecule has 2 heterocycles. The van der Waals surface area contributed by atoms with Crippen molar-refractivity contribution >= 4 is 5.91 Å². The third kappa shape index (κ3) is 4.99. The van der Waals surface area contributed by atoms with Gasteiger partial charge in [0.15, 0.2) is 0 Å². The first kappa shape index (κ1) is 17.9. The fourth-order valence-electron chi connectivity index (χ4n) is 3.10. The number of carbonyl (C=O) groups is 1. The summed E-state index contributed by atoms with van der Waals surface area (Å²) in [5.41, 5.74) is 2.08. The summed E-state index contributed by atoms with van der Waals surface area (Å²) in [4.78, 5) is 23.7. The Kier molecular flexibility index (Phi) is 6.10. The second-order valence-electron chi connectivity index (χ2n) is 7.13. The summed E-state index contributed by atoms with van der Waals surface area (Å²) in [6.45, 7) is 12.9. The lowest BCUT2D eigenvalue weighted by Gasteiger charge is -2.35. The highest BCUT2D eigenvalue weighted by atomic mass is 16.2. The van der Waals surface area contributed by atoms with E-state index >= 15 is 0 Å². The molecule has 1 atom stereocenters. The van der Waals surface area contributed by atoms with E-state index in [0.717, 1.165) is 49.7 Å². The third-order valence-corrected chi connectivity index (χ3v) is 4.51. The maximum absolute atomic E-state index is 12.2. The minimum Gasteiger partial charge on any atom is -0.354 e. The van der Waals surface area contributed by atoms with Crippen molar-refractivity contribution in [3.8, 4) is 0 Å². The zero-order valence-electron chi connectivity index (χ0n) is 15.1. The SMILES string of the molecule is Cc1cc(C)nc(C2CCN([C@H](C)C(=O)NCC(C)C)CC2)n1. The summed E-state index contributed by atoms with van der Waals surface area (Å²) in [7, 11) is 0. The second-order valence-corrected chi connectivity index (χ2v) is 7.13. The van der Waals surface area contributed by atoms with Gasteiger partial charge in [-0.05, 0) is 58.7 Å². The van der Waals surface area contributed by atoms with E-state index in [1.165, 1.54) is 0 Å². The van der Waals surface area contributed by atoms with E-state index < -0.39 is 0 Å². The Labute approximate surface area is 139 Å². The molecule has 1 aliphatic heterocycles. The molecule has 0 spiro atoms. The van der Waals surface area contributed by atoms with Gasteiger partial charge >= 0.3 is 0 Å². The molecule has 0 bridgehead atoms. The van der Waals surface area contributed by atoms with Crippen LogP contribution in [0.4, 0.5) is 0 Å². The van der Waals surface area contributed by atoms with Gasteiger partial charge in [-0.2, -0.15) is 0 Å². The van der Waals surface area contributed by atoms with Crippen LogP contribution in [0.5, 0.6) is 0 Å². The highest BCUT2D eigenvalue weighted by Gasteiger charge is 2.28. The molecule has 5 nitrogen and oxygen atoms in total. The quantitative estimate of drug-likeness (QED) is 0.906.